The second-order valence-electron chi connectivity index (χ2n) is 2.12. The predicted octanol–water partition coefficient (Wildman–Crippen LogP) is 2.00. The number of alkyl halides is 2. The van der Waals surface area contributed by atoms with Crippen LogP contribution in [0.4, 0.5) is 8.78 Å². The van der Waals surface area contributed by atoms with Crippen LogP contribution in [-0.2, 0) is 0 Å². The highest BCUT2D eigenvalue weighted by Crippen LogP contribution is 2.49. The monoisotopic (exact) mass is 138 g/mol. The van der Waals surface area contributed by atoms with Gasteiger partial charge in [0.25, 0.3) is 5.92 Å². The normalized spacial score (nSPS) is 32.6. The summed E-state index contributed by atoms with van der Waals surface area (Å²) in [6.45, 7) is 0. The van der Waals surface area contributed by atoms with Crippen molar-refractivity contribution in [2.45, 2.75) is 12.3 Å². The average Bonchev–Trinajstić information content (AvgIpc) is 2.15. The maximum absolute atomic E-state index is 12.0. The lowest BCUT2D eigenvalue weighted by Crippen LogP contribution is -1.94. The molecule has 1 rings (SSSR count). The van der Waals surface area contributed by atoms with E-state index in [-0.39, 0.29) is 12.3 Å². The second-order valence-corrected chi connectivity index (χ2v) is 3.03. The molecular formula is C5H8F2S. The Labute approximate surface area is 51.6 Å². The number of rotatable bonds is 2. The SMILES string of the molecule is CSCC1CC1(F)F. The Balaban J connectivity index is 2.17. The molecule has 48 valence electrons. The van der Waals surface area contributed by atoms with E-state index in [0.717, 1.165) is 0 Å². The molecule has 0 aromatic carbocycles. The molecule has 0 nitrogen and oxygen atoms in total. The summed E-state index contributed by atoms with van der Waals surface area (Å²) in [7, 11) is 0. The van der Waals surface area contributed by atoms with E-state index >= 15 is 0 Å². The third kappa shape index (κ3) is 1.13. The van der Waals surface area contributed by atoms with Gasteiger partial charge in [-0.25, -0.2) is 8.78 Å². The number of halogens is 2. The fourth-order valence-electron chi connectivity index (χ4n) is 0.652. The Bertz CT molecular complexity index is 92.4. The Morgan fingerprint density at radius 1 is 1.75 bits per heavy atom. The van der Waals surface area contributed by atoms with E-state index in [0.29, 0.717) is 5.75 Å². The van der Waals surface area contributed by atoms with Gasteiger partial charge in [0.2, 0.25) is 0 Å². The minimum atomic E-state index is -2.30. The first-order valence-corrected chi connectivity index (χ1v) is 3.93. The highest BCUT2D eigenvalue weighted by Gasteiger charge is 2.55. The van der Waals surface area contributed by atoms with Gasteiger partial charge < -0.3 is 0 Å². The van der Waals surface area contributed by atoms with E-state index in [1.54, 1.807) is 0 Å². The van der Waals surface area contributed by atoms with Crippen LogP contribution >= 0.6 is 11.8 Å². The zero-order valence-corrected chi connectivity index (χ0v) is 5.47. The van der Waals surface area contributed by atoms with Crippen LogP contribution in [0.3, 0.4) is 0 Å². The number of hydrogen-bond acceptors (Lipinski definition) is 1. The summed E-state index contributed by atoms with van der Waals surface area (Å²) in [5, 5.41) is 0. The van der Waals surface area contributed by atoms with Crippen molar-refractivity contribution in [3.63, 3.8) is 0 Å². The van der Waals surface area contributed by atoms with Gasteiger partial charge in [-0.05, 0) is 6.26 Å². The fourth-order valence-corrected chi connectivity index (χ4v) is 1.42. The van der Waals surface area contributed by atoms with E-state index in [1.807, 2.05) is 6.26 Å². The van der Waals surface area contributed by atoms with Crippen molar-refractivity contribution in [2.75, 3.05) is 12.0 Å². The second kappa shape index (κ2) is 1.87. The fraction of sp³-hybridized carbons (Fsp3) is 1.00. The molecule has 0 aromatic heterocycles. The zero-order chi connectivity index (χ0) is 6.20. The summed E-state index contributed by atoms with van der Waals surface area (Å²) in [6, 6.07) is 0. The lowest BCUT2D eigenvalue weighted by Gasteiger charge is -1.91. The average molecular weight is 138 g/mol. The van der Waals surface area contributed by atoms with Crippen LogP contribution < -0.4 is 0 Å². The molecule has 0 amide bonds. The molecule has 3 heteroatoms. The summed E-state index contributed by atoms with van der Waals surface area (Å²) in [5.41, 5.74) is 0. The van der Waals surface area contributed by atoms with Crippen LogP contribution in [0.1, 0.15) is 6.42 Å². The number of hydrogen-bond donors (Lipinski definition) is 0. The van der Waals surface area contributed by atoms with Crippen molar-refractivity contribution in [1.29, 1.82) is 0 Å². The standard InChI is InChI=1S/C5H8F2S/c1-8-3-4-2-5(4,6)7/h4H,2-3H2,1H3. The first kappa shape index (κ1) is 6.33. The quantitative estimate of drug-likeness (QED) is 0.562. The van der Waals surface area contributed by atoms with Crippen LogP contribution in [0.25, 0.3) is 0 Å². The summed E-state index contributed by atoms with van der Waals surface area (Å²) >= 11 is 1.49. The molecule has 0 heterocycles. The predicted molar refractivity (Wildman–Crippen MR) is 31.4 cm³/mol. The van der Waals surface area contributed by atoms with Crippen molar-refractivity contribution in [2.24, 2.45) is 5.92 Å². The molecule has 8 heavy (non-hydrogen) atoms. The van der Waals surface area contributed by atoms with E-state index in [4.69, 9.17) is 0 Å². The molecule has 1 aliphatic rings. The van der Waals surface area contributed by atoms with Gasteiger partial charge in [0.15, 0.2) is 0 Å². The molecule has 0 aromatic rings. The highest BCUT2D eigenvalue weighted by molar-refractivity contribution is 7.98. The minimum Gasteiger partial charge on any atom is -0.207 e. The highest BCUT2D eigenvalue weighted by atomic mass is 32.2. The minimum absolute atomic E-state index is 0.119. The Morgan fingerprint density at radius 3 is 2.38 bits per heavy atom. The van der Waals surface area contributed by atoms with Crippen LogP contribution in [0.15, 0.2) is 0 Å². The largest absolute Gasteiger partial charge is 0.252 e. The molecule has 0 spiro atoms. The molecule has 1 aliphatic carbocycles. The van der Waals surface area contributed by atoms with Crippen molar-refractivity contribution < 1.29 is 8.78 Å². The van der Waals surface area contributed by atoms with Crippen molar-refractivity contribution in [3.05, 3.63) is 0 Å². The van der Waals surface area contributed by atoms with Crippen molar-refractivity contribution in [1.82, 2.24) is 0 Å². The maximum Gasteiger partial charge on any atom is 0.252 e. The molecule has 0 N–H and O–H groups in total. The third-order valence-electron chi connectivity index (χ3n) is 1.32. The molecule has 1 saturated carbocycles. The summed E-state index contributed by atoms with van der Waals surface area (Å²) < 4.78 is 23.9. The van der Waals surface area contributed by atoms with Gasteiger partial charge in [-0.1, -0.05) is 0 Å². The van der Waals surface area contributed by atoms with E-state index in [1.165, 1.54) is 11.8 Å². The molecule has 0 bridgehead atoms. The van der Waals surface area contributed by atoms with Gasteiger partial charge in [0.05, 0.1) is 0 Å². The summed E-state index contributed by atoms with van der Waals surface area (Å²) in [5.74, 6) is -1.99. The van der Waals surface area contributed by atoms with Crippen LogP contribution in [0.5, 0.6) is 0 Å². The van der Waals surface area contributed by atoms with Gasteiger partial charge in [0.1, 0.15) is 0 Å². The number of thioether (sulfide) groups is 1. The van der Waals surface area contributed by atoms with Gasteiger partial charge in [0, 0.05) is 18.1 Å². The topological polar surface area (TPSA) is 0 Å². The Kier molecular flexibility index (Phi) is 1.48. The van der Waals surface area contributed by atoms with Crippen LogP contribution in [-0.4, -0.2) is 17.9 Å². The van der Waals surface area contributed by atoms with E-state index < -0.39 is 5.92 Å². The van der Waals surface area contributed by atoms with Gasteiger partial charge in [-0.3, -0.25) is 0 Å². The van der Waals surface area contributed by atoms with Gasteiger partial charge in [-0.2, -0.15) is 11.8 Å². The molecule has 1 unspecified atom stereocenters. The van der Waals surface area contributed by atoms with E-state index in [9.17, 15) is 8.78 Å². The smallest absolute Gasteiger partial charge is 0.207 e. The van der Waals surface area contributed by atoms with E-state index in [2.05, 4.69) is 0 Å². The molecule has 0 aliphatic heterocycles. The molecule has 0 saturated heterocycles. The van der Waals surface area contributed by atoms with Gasteiger partial charge in [-0.15, -0.1) is 0 Å². The first-order valence-electron chi connectivity index (χ1n) is 2.53. The van der Waals surface area contributed by atoms with Crippen molar-refractivity contribution >= 4 is 11.8 Å². The molecule has 1 atom stereocenters. The molecule has 0 radical (unpaired) electrons. The van der Waals surface area contributed by atoms with Crippen molar-refractivity contribution in [3.8, 4) is 0 Å². The summed E-state index contributed by atoms with van der Waals surface area (Å²) in [4.78, 5) is 0. The lowest BCUT2D eigenvalue weighted by atomic mass is 10.5. The molecule has 1 fully saturated rings. The van der Waals surface area contributed by atoms with Crippen LogP contribution in [0, 0.1) is 5.92 Å². The van der Waals surface area contributed by atoms with Crippen LogP contribution in [0.2, 0.25) is 0 Å². The maximum atomic E-state index is 12.0. The lowest BCUT2D eigenvalue weighted by molar-refractivity contribution is 0.103. The Hall–Kier alpha value is 0.210. The molecular weight excluding hydrogens is 130 g/mol. The summed E-state index contributed by atoms with van der Waals surface area (Å²) in [6.07, 6.45) is 1.97. The van der Waals surface area contributed by atoms with Gasteiger partial charge >= 0.3 is 0 Å². The zero-order valence-electron chi connectivity index (χ0n) is 4.66. The Morgan fingerprint density at radius 2 is 2.25 bits per heavy atom. The first-order chi connectivity index (χ1) is 3.67. The third-order valence-corrected chi connectivity index (χ3v) is 2.06.